The van der Waals surface area contributed by atoms with E-state index in [0.717, 1.165) is 0 Å². The molecule has 1 atom stereocenters. The first kappa shape index (κ1) is 24.9. The minimum absolute atomic E-state index is 0.00401. The molecule has 1 N–H and O–H groups in total. The number of aliphatic hydroxyl groups excluding tert-OH is 1. The summed E-state index contributed by atoms with van der Waals surface area (Å²) < 4.78 is 28.1. The molecule has 7 nitrogen and oxygen atoms in total. The summed E-state index contributed by atoms with van der Waals surface area (Å²) in [5, 5.41) is 9.30. The summed E-state index contributed by atoms with van der Waals surface area (Å²) in [5.41, 5.74) is -0.144. The van der Waals surface area contributed by atoms with Gasteiger partial charge < -0.3 is 19.3 Å². The summed E-state index contributed by atoms with van der Waals surface area (Å²) in [6, 6.07) is 0. The molecule has 0 heterocycles. The summed E-state index contributed by atoms with van der Waals surface area (Å²) in [4.78, 5) is 28.3. The first-order valence-electron chi connectivity index (χ1n) is 7.41. The zero-order chi connectivity index (χ0) is 20.6. The van der Waals surface area contributed by atoms with Crippen LogP contribution in [0.5, 0.6) is 0 Å². The number of esters is 2. The summed E-state index contributed by atoms with van der Waals surface area (Å²) >= 11 is 13.1. The third kappa shape index (κ3) is 7.33. The lowest BCUT2D eigenvalue weighted by Crippen LogP contribution is -2.21. The minimum Gasteiger partial charge on any atom is -0.460 e. The second kappa shape index (κ2) is 12.5. The van der Waals surface area contributed by atoms with Crippen molar-refractivity contribution in [3.63, 3.8) is 0 Å². The van der Waals surface area contributed by atoms with E-state index in [1.807, 2.05) is 0 Å². The maximum Gasteiger partial charge on any atom is 0.340 e. The highest BCUT2D eigenvalue weighted by Crippen LogP contribution is 2.42. The second-order valence-electron chi connectivity index (χ2n) is 5.01. The van der Waals surface area contributed by atoms with Crippen molar-refractivity contribution in [2.75, 3.05) is 33.0 Å². The van der Waals surface area contributed by atoms with Crippen LogP contribution in [0.15, 0.2) is 17.9 Å². The van der Waals surface area contributed by atoms with Crippen LogP contribution in [0, 0.1) is 0 Å². The number of hydrogen-bond donors (Lipinski definition) is 1. The predicted molar refractivity (Wildman–Crippen MR) is 107 cm³/mol. The van der Waals surface area contributed by atoms with E-state index < -0.39 is 18.0 Å². The van der Waals surface area contributed by atoms with Gasteiger partial charge in [0, 0.05) is 17.9 Å². The first-order chi connectivity index (χ1) is 12.7. The van der Waals surface area contributed by atoms with Crippen molar-refractivity contribution >= 4 is 75.7 Å². The molecule has 0 aliphatic rings. The van der Waals surface area contributed by atoms with Crippen LogP contribution < -0.4 is 0 Å². The Kier molecular flexibility index (Phi) is 11.5. The fourth-order valence-electron chi connectivity index (χ4n) is 1.74. The van der Waals surface area contributed by atoms with Crippen LogP contribution in [-0.4, -0.2) is 56.2 Å². The van der Waals surface area contributed by atoms with Gasteiger partial charge in [-0.05, 0) is 75.2 Å². The summed E-state index contributed by atoms with van der Waals surface area (Å²) in [6.45, 7) is 0.891. The zero-order valence-electron chi connectivity index (χ0n) is 13.9. The van der Waals surface area contributed by atoms with Crippen LogP contribution in [0.4, 0.5) is 4.53 Å². The van der Waals surface area contributed by atoms with Gasteiger partial charge in [0.05, 0.1) is 30.4 Å². The van der Waals surface area contributed by atoms with Gasteiger partial charge in [-0.15, -0.1) is 0 Å². The maximum absolute atomic E-state index is 12.5. The third-order valence-corrected chi connectivity index (χ3v) is 7.66. The molecule has 152 valence electrons. The highest BCUT2D eigenvalue weighted by molar-refractivity contribution is 9.15. The summed E-state index contributed by atoms with van der Waals surface area (Å²) in [5.74, 6) is -1.62. The van der Waals surface area contributed by atoms with E-state index in [1.165, 1.54) is 6.92 Å². The van der Waals surface area contributed by atoms with Crippen molar-refractivity contribution in [2.45, 2.75) is 13.0 Å². The van der Waals surface area contributed by atoms with E-state index >= 15 is 0 Å². The molecule has 0 aliphatic carbocycles. The number of carbonyl (C=O) groups is 2. The van der Waals surface area contributed by atoms with Crippen LogP contribution in [0.25, 0.3) is 0 Å². The zero-order valence-corrected chi connectivity index (χ0v) is 20.2. The van der Waals surface area contributed by atoms with Gasteiger partial charge in [0.15, 0.2) is 0 Å². The molecular formula is C15H15Br4FO7. The van der Waals surface area contributed by atoms with Gasteiger partial charge in [-0.25, -0.2) is 9.59 Å². The van der Waals surface area contributed by atoms with Crippen molar-refractivity contribution in [1.82, 2.24) is 0 Å². The highest BCUT2D eigenvalue weighted by Gasteiger charge is 2.30. The van der Waals surface area contributed by atoms with Gasteiger partial charge in [0.1, 0.15) is 19.8 Å². The first-order valence-corrected chi connectivity index (χ1v) is 10.6. The Labute approximate surface area is 188 Å². The standard InChI is InChI=1S/C15H15Br4FO7/c1-7(21)6-26-15(23)9-8(10(16)12(18)13(19)11(9)17)14(22)25-4-2-24-3-5-27-20/h7,21H,2-6H2,1H3. The Hall–Kier alpha value is -0.110. The molecule has 1 aromatic carbocycles. The molecule has 0 bridgehead atoms. The van der Waals surface area contributed by atoms with Gasteiger partial charge in [-0.2, -0.15) is 4.94 Å². The monoisotopic (exact) mass is 642 g/mol. The van der Waals surface area contributed by atoms with Crippen LogP contribution in [0.3, 0.4) is 0 Å². The summed E-state index contributed by atoms with van der Waals surface area (Å²) in [7, 11) is 0. The molecule has 0 amide bonds. The Morgan fingerprint density at radius 2 is 1.37 bits per heavy atom. The van der Waals surface area contributed by atoms with Crippen LogP contribution in [0.2, 0.25) is 0 Å². The van der Waals surface area contributed by atoms with Gasteiger partial charge in [0.2, 0.25) is 0 Å². The van der Waals surface area contributed by atoms with E-state index in [4.69, 9.17) is 14.2 Å². The smallest absolute Gasteiger partial charge is 0.340 e. The Bertz CT molecular complexity index is 685. The number of benzene rings is 1. The second-order valence-corrected chi connectivity index (χ2v) is 8.19. The molecular weight excluding hydrogens is 631 g/mol. The van der Waals surface area contributed by atoms with Gasteiger partial charge in [0.25, 0.3) is 0 Å². The number of aliphatic hydroxyl groups is 1. The van der Waals surface area contributed by atoms with Crippen LogP contribution >= 0.6 is 63.7 Å². The maximum atomic E-state index is 12.5. The predicted octanol–water partition coefficient (Wildman–Crippen LogP) is 4.35. The molecule has 1 unspecified atom stereocenters. The van der Waals surface area contributed by atoms with Gasteiger partial charge >= 0.3 is 11.9 Å². The number of hydrogen-bond acceptors (Lipinski definition) is 7. The Morgan fingerprint density at radius 1 is 0.889 bits per heavy atom. The normalized spacial score (nSPS) is 12.0. The lowest BCUT2D eigenvalue weighted by molar-refractivity contribution is -0.146. The SMILES string of the molecule is CC(O)COC(=O)c1c(Br)c(Br)c(Br)c(Br)c1C(=O)OCCOCCOF. The number of rotatable bonds is 10. The van der Waals surface area contributed by atoms with Crippen molar-refractivity contribution < 1.29 is 38.4 Å². The molecule has 0 saturated carbocycles. The molecule has 1 rings (SSSR count). The van der Waals surface area contributed by atoms with E-state index in [-0.39, 0.29) is 53.1 Å². The molecule has 12 heteroatoms. The molecule has 0 radical (unpaired) electrons. The molecule has 0 aromatic heterocycles. The molecule has 0 aliphatic heterocycles. The molecule has 1 aromatic rings. The Morgan fingerprint density at radius 3 is 1.85 bits per heavy atom. The van der Waals surface area contributed by atoms with Crippen molar-refractivity contribution in [3.05, 3.63) is 29.0 Å². The molecule has 0 fully saturated rings. The molecule has 0 saturated heterocycles. The third-order valence-electron chi connectivity index (χ3n) is 2.90. The Balaban J connectivity index is 3.05. The van der Waals surface area contributed by atoms with Crippen LogP contribution in [0.1, 0.15) is 27.6 Å². The largest absolute Gasteiger partial charge is 0.460 e. The number of halogens is 5. The van der Waals surface area contributed by atoms with Crippen LogP contribution in [-0.2, 0) is 19.2 Å². The van der Waals surface area contributed by atoms with E-state index in [9.17, 15) is 19.2 Å². The average Bonchev–Trinajstić information content (AvgIpc) is 2.63. The summed E-state index contributed by atoms with van der Waals surface area (Å²) in [6.07, 6.45) is -0.865. The number of ether oxygens (including phenoxy) is 3. The highest BCUT2D eigenvalue weighted by atomic mass is 79.9. The fraction of sp³-hybridized carbons (Fsp3) is 0.467. The van der Waals surface area contributed by atoms with Crippen molar-refractivity contribution in [1.29, 1.82) is 0 Å². The van der Waals surface area contributed by atoms with Gasteiger partial charge in [-0.3, -0.25) is 0 Å². The van der Waals surface area contributed by atoms with Crippen molar-refractivity contribution in [2.24, 2.45) is 0 Å². The van der Waals surface area contributed by atoms with E-state index in [0.29, 0.717) is 8.95 Å². The lowest BCUT2D eigenvalue weighted by Gasteiger charge is -2.16. The minimum atomic E-state index is -0.865. The fourth-order valence-corrected chi connectivity index (χ4v) is 4.18. The molecule has 27 heavy (non-hydrogen) atoms. The lowest BCUT2D eigenvalue weighted by atomic mass is 10.1. The molecule has 0 spiro atoms. The number of carbonyl (C=O) groups excluding carboxylic acids is 2. The van der Waals surface area contributed by atoms with E-state index in [2.05, 4.69) is 68.7 Å². The van der Waals surface area contributed by atoms with Crippen molar-refractivity contribution in [3.8, 4) is 0 Å². The quantitative estimate of drug-likeness (QED) is 0.175. The topological polar surface area (TPSA) is 91.3 Å². The average molecular weight is 646 g/mol. The van der Waals surface area contributed by atoms with E-state index in [1.54, 1.807) is 0 Å². The van der Waals surface area contributed by atoms with Gasteiger partial charge in [-0.1, -0.05) is 0 Å².